The van der Waals surface area contributed by atoms with Crippen molar-refractivity contribution in [1.29, 1.82) is 0 Å². The van der Waals surface area contributed by atoms with Crippen molar-refractivity contribution >= 4 is 17.5 Å². The summed E-state index contributed by atoms with van der Waals surface area (Å²) in [7, 11) is 4.06. The molecular weight excluding hydrogens is 314 g/mol. The van der Waals surface area contributed by atoms with E-state index in [9.17, 15) is 9.59 Å². The lowest BCUT2D eigenvalue weighted by Crippen LogP contribution is -2.42. The summed E-state index contributed by atoms with van der Waals surface area (Å²) in [6.07, 6.45) is 1.16. The molecule has 0 saturated carbocycles. The lowest BCUT2D eigenvalue weighted by molar-refractivity contribution is -0.126. The van der Waals surface area contributed by atoms with E-state index in [-0.39, 0.29) is 29.6 Å². The summed E-state index contributed by atoms with van der Waals surface area (Å²) >= 11 is 0. The first-order chi connectivity index (χ1) is 11.7. The standard InChI is InChI=1S/C20H31N3O2/c1-6-15-9-7-8-10-17(15)23-12-16(11-18(23)24)19(25)21-13-20(2,3)14-22(4)5/h7-10,16H,6,11-14H2,1-5H3,(H,21,25). The number of carbonyl (C=O) groups excluding carboxylic acids is 2. The van der Waals surface area contributed by atoms with E-state index in [1.807, 2.05) is 38.4 Å². The van der Waals surface area contributed by atoms with E-state index < -0.39 is 0 Å². The number of nitrogens with zero attached hydrogens (tertiary/aromatic N) is 2. The molecule has 1 aliphatic rings. The van der Waals surface area contributed by atoms with Crippen LogP contribution < -0.4 is 10.2 Å². The van der Waals surface area contributed by atoms with Crippen molar-refractivity contribution in [3.63, 3.8) is 0 Å². The van der Waals surface area contributed by atoms with Gasteiger partial charge in [0.05, 0.1) is 5.92 Å². The van der Waals surface area contributed by atoms with Gasteiger partial charge in [0.25, 0.3) is 0 Å². The SMILES string of the molecule is CCc1ccccc1N1CC(C(=O)NCC(C)(C)CN(C)C)CC1=O. The Morgan fingerprint density at radius 3 is 2.64 bits per heavy atom. The fraction of sp³-hybridized carbons (Fsp3) is 0.600. The van der Waals surface area contributed by atoms with Crippen molar-refractivity contribution in [2.45, 2.75) is 33.6 Å². The number of anilines is 1. The van der Waals surface area contributed by atoms with E-state index >= 15 is 0 Å². The molecule has 1 atom stereocenters. The van der Waals surface area contributed by atoms with Gasteiger partial charge >= 0.3 is 0 Å². The van der Waals surface area contributed by atoms with E-state index in [1.54, 1.807) is 4.90 Å². The Kier molecular flexibility index (Phi) is 6.22. The highest BCUT2D eigenvalue weighted by atomic mass is 16.2. The summed E-state index contributed by atoms with van der Waals surface area (Å²) in [6, 6.07) is 7.94. The normalized spacial score (nSPS) is 18.1. The van der Waals surface area contributed by atoms with Crippen molar-refractivity contribution in [2.24, 2.45) is 11.3 Å². The maximum absolute atomic E-state index is 12.6. The fourth-order valence-electron chi connectivity index (χ4n) is 3.57. The number of hydrogen-bond donors (Lipinski definition) is 1. The number of benzene rings is 1. The Bertz CT molecular complexity index is 625. The van der Waals surface area contributed by atoms with Crippen LogP contribution in [-0.4, -0.2) is 50.4 Å². The van der Waals surface area contributed by atoms with Crippen molar-refractivity contribution in [1.82, 2.24) is 10.2 Å². The Balaban J connectivity index is 1.99. The van der Waals surface area contributed by atoms with E-state index in [0.29, 0.717) is 13.1 Å². The smallest absolute Gasteiger partial charge is 0.227 e. The molecule has 1 aromatic rings. The Morgan fingerprint density at radius 1 is 1.32 bits per heavy atom. The minimum absolute atomic E-state index is 0.00370. The van der Waals surface area contributed by atoms with Crippen LogP contribution in [0.1, 0.15) is 32.8 Å². The fourth-order valence-corrected chi connectivity index (χ4v) is 3.57. The van der Waals surface area contributed by atoms with Crippen molar-refractivity contribution in [3.05, 3.63) is 29.8 Å². The van der Waals surface area contributed by atoms with Crippen LogP contribution in [0.4, 0.5) is 5.69 Å². The summed E-state index contributed by atoms with van der Waals surface area (Å²) in [6.45, 7) is 8.33. The molecular formula is C20H31N3O2. The van der Waals surface area contributed by atoms with Crippen molar-refractivity contribution in [3.8, 4) is 0 Å². The summed E-state index contributed by atoms with van der Waals surface area (Å²) in [5, 5.41) is 3.05. The topological polar surface area (TPSA) is 52.7 Å². The summed E-state index contributed by atoms with van der Waals surface area (Å²) in [5.74, 6) is -0.252. The number of para-hydroxylation sites is 1. The molecule has 1 heterocycles. The average Bonchev–Trinajstić information content (AvgIpc) is 2.93. The molecule has 2 rings (SSSR count). The van der Waals surface area contributed by atoms with E-state index in [1.165, 1.54) is 0 Å². The van der Waals surface area contributed by atoms with E-state index in [4.69, 9.17) is 0 Å². The van der Waals surface area contributed by atoms with E-state index in [0.717, 1.165) is 24.2 Å². The quantitative estimate of drug-likeness (QED) is 0.825. The molecule has 0 radical (unpaired) electrons. The first-order valence-electron chi connectivity index (χ1n) is 9.04. The van der Waals surface area contributed by atoms with Crippen LogP contribution in [0.5, 0.6) is 0 Å². The van der Waals surface area contributed by atoms with Crippen LogP contribution in [0.3, 0.4) is 0 Å². The highest BCUT2D eigenvalue weighted by Crippen LogP contribution is 2.28. The number of nitrogens with one attached hydrogen (secondary N) is 1. The number of amides is 2. The highest BCUT2D eigenvalue weighted by Gasteiger charge is 2.36. The van der Waals surface area contributed by atoms with Gasteiger partial charge in [-0.1, -0.05) is 39.0 Å². The second kappa shape index (κ2) is 8.00. The lowest BCUT2D eigenvalue weighted by atomic mass is 9.92. The van der Waals surface area contributed by atoms with Gasteiger partial charge in [-0.3, -0.25) is 9.59 Å². The predicted molar refractivity (Wildman–Crippen MR) is 102 cm³/mol. The molecule has 1 N–H and O–H groups in total. The Labute approximate surface area is 151 Å². The summed E-state index contributed by atoms with van der Waals surface area (Å²) in [5.41, 5.74) is 2.08. The predicted octanol–water partition coefficient (Wildman–Crippen LogP) is 2.31. The molecule has 138 valence electrons. The van der Waals surface area contributed by atoms with Gasteiger partial charge in [0.2, 0.25) is 11.8 Å². The maximum Gasteiger partial charge on any atom is 0.227 e. The largest absolute Gasteiger partial charge is 0.355 e. The molecule has 1 saturated heterocycles. The Morgan fingerprint density at radius 2 is 2.00 bits per heavy atom. The molecule has 1 unspecified atom stereocenters. The minimum Gasteiger partial charge on any atom is -0.355 e. The number of carbonyl (C=O) groups is 2. The molecule has 2 amide bonds. The second-order valence-electron chi connectivity index (χ2n) is 8.01. The van der Waals surface area contributed by atoms with Crippen LogP contribution >= 0.6 is 0 Å². The zero-order valence-electron chi connectivity index (χ0n) is 16.1. The van der Waals surface area contributed by atoms with Crippen molar-refractivity contribution in [2.75, 3.05) is 38.6 Å². The summed E-state index contributed by atoms with van der Waals surface area (Å²) < 4.78 is 0. The van der Waals surface area contributed by atoms with Crippen LogP contribution in [0.2, 0.25) is 0 Å². The Hall–Kier alpha value is -1.88. The van der Waals surface area contributed by atoms with Gasteiger partial charge in [0, 0.05) is 31.7 Å². The second-order valence-corrected chi connectivity index (χ2v) is 8.01. The van der Waals surface area contributed by atoms with Gasteiger partial charge in [-0.2, -0.15) is 0 Å². The van der Waals surface area contributed by atoms with Gasteiger partial charge in [-0.15, -0.1) is 0 Å². The van der Waals surface area contributed by atoms with Gasteiger partial charge in [-0.05, 0) is 37.6 Å². The number of rotatable bonds is 7. The highest BCUT2D eigenvalue weighted by molar-refractivity contribution is 6.00. The minimum atomic E-state index is -0.271. The third-order valence-electron chi connectivity index (χ3n) is 4.64. The number of hydrogen-bond acceptors (Lipinski definition) is 3. The molecule has 5 nitrogen and oxygen atoms in total. The third kappa shape index (κ3) is 5.05. The van der Waals surface area contributed by atoms with Gasteiger partial charge in [0.15, 0.2) is 0 Å². The molecule has 1 fully saturated rings. The van der Waals surface area contributed by atoms with Gasteiger partial charge < -0.3 is 15.1 Å². The molecule has 0 aliphatic carbocycles. The van der Waals surface area contributed by atoms with Crippen LogP contribution in [0.25, 0.3) is 0 Å². The molecule has 25 heavy (non-hydrogen) atoms. The molecule has 0 spiro atoms. The monoisotopic (exact) mass is 345 g/mol. The van der Waals surface area contributed by atoms with Crippen LogP contribution in [0, 0.1) is 11.3 Å². The zero-order valence-corrected chi connectivity index (χ0v) is 16.1. The van der Waals surface area contributed by atoms with E-state index in [2.05, 4.69) is 31.0 Å². The molecule has 0 aromatic heterocycles. The molecule has 5 heteroatoms. The lowest BCUT2D eigenvalue weighted by Gasteiger charge is -2.29. The molecule has 0 bridgehead atoms. The number of aryl methyl sites for hydroxylation is 1. The van der Waals surface area contributed by atoms with Crippen molar-refractivity contribution < 1.29 is 9.59 Å². The molecule has 1 aromatic carbocycles. The van der Waals surface area contributed by atoms with Crippen LogP contribution in [0.15, 0.2) is 24.3 Å². The average molecular weight is 345 g/mol. The summed E-state index contributed by atoms with van der Waals surface area (Å²) in [4.78, 5) is 28.9. The maximum atomic E-state index is 12.6. The third-order valence-corrected chi connectivity index (χ3v) is 4.64. The molecule has 1 aliphatic heterocycles. The first kappa shape index (κ1) is 19.4. The first-order valence-corrected chi connectivity index (χ1v) is 9.04. The van der Waals surface area contributed by atoms with Crippen LogP contribution in [-0.2, 0) is 16.0 Å². The zero-order chi connectivity index (χ0) is 18.6. The van der Waals surface area contributed by atoms with Gasteiger partial charge in [-0.25, -0.2) is 0 Å². The van der Waals surface area contributed by atoms with Gasteiger partial charge in [0.1, 0.15) is 0 Å².